The molecule has 5 nitrogen and oxygen atoms in total. The number of rotatable bonds is 2. The summed E-state index contributed by atoms with van der Waals surface area (Å²) < 4.78 is 5.49. The van der Waals surface area contributed by atoms with Gasteiger partial charge < -0.3 is 15.2 Å². The van der Waals surface area contributed by atoms with Gasteiger partial charge in [-0.05, 0) is 24.2 Å². The van der Waals surface area contributed by atoms with E-state index in [9.17, 15) is 9.90 Å². The Morgan fingerprint density at radius 1 is 1.39 bits per heavy atom. The van der Waals surface area contributed by atoms with Gasteiger partial charge in [-0.3, -0.25) is 4.90 Å². The zero-order valence-electron chi connectivity index (χ0n) is 10.1. The molecular formula is C13H16N2O3. The van der Waals surface area contributed by atoms with E-state index in [1.165, 1.54) is 0 Å². The standard InChI is InChI=1S/C13H16N2O3/c16-11-3-1-10(2-4-11)7-15-9-13(18-12(15)17)5-6-14-8-13/h1-4,14,16H,5-9H2. The van der Waals surface area contributed by atoms with E-state index in [4.69, 9.17) is 4.74 Å². The van der Waals surface area contributed by atoms with Crippen molar-refractivity contribution in [1.29, 1.82) is 0 Å². The highest BCUT2D eigenvalue weighted by atomic mass is 16.6. The monoisotopic (exact) mass is 248 g/mol. The van der Waals surface area contributed by atoms with Crippen LogP contribution in [0.5, 0.6) is 5.75 Å². The first-order valence-electron chi connectivity index (χ1n) is 6.13. The van der Waals surface area contributed by atoms with Crippen LogP contribution in [0.4, 0.5) is 4.79 Å². The number of phenols is 1. The molecule has 0 saturated carbocycles. The zero-order valence-corrected chi connectivity index (χ0v) is 10.1. The molecule has 2 fully saturated rings. The molecule has 2 saturated heterocycles. The number of benzene rings is 1. The third-order valence-corrected chi connectivity index (χ3v) is 3.56. The molecule has 2 aliphatic heterocycles. The first-order chi connectivity index (χ1) is 8.67. The maximum atomic E-state index is 11.8. The Morgan fingerprint density at radius 2 is 2.17 bits per heavy atom. The van der Waals surface area contributed by atoms with Gasteiger partial charge in [0.1, 0.15) is 11.4 Å². The molecule has 1 aromatic rings. The maximum Gasteiger partial charge on any atom is 0.410 e. The molecule has 3 rings (SSSR count). The van der Waals surface area contributed by atoms with Crippen molar-refractivity contribution in [2.24, 2.45) is 0 Å². The second-order valence-corrected chi connectivity index (χ2v) is 5.00. The van der Waals surface area contributed by atoms with Crippen molar-refractivity contribution in [3.8, 4) is 5.75 Å². The van der Waals surface area contributed by atoms with E-state index in [0.717, 1.165) is 25.1 Å². The molecule has 0 radical (unpaired) electrons. The van der Waals surface area contributed by atoms with Crippen LogP contribution in [-0.2, 0) is 11.3 Å². The number of ether oxygens (including phenoxy) is 1. The smallest absolute Gasteiger partial charge is 0.410 e. The van der Waals surface area contributed by atoms with Crippen molar-refractivity contribution in [3.63, 3.8) is 0 Å². The number of aromatic hydroxyl groups is 1. The van der Waals surface area contributed by atoms with Crippen LogP contribution in [-0.4, -0.2) is 41.3 Å². The van der Waals surface area contributed by atoms with Gasteiger partial charge in [0.2, 0.25) is 0 Å². The fraction of sp³-hybridized carbons (Fsp3) is 0.462. The molecule has 0 bridgehead atoms. The average molecular weight is 248 g/mol. The maximum absolute atomic E-state index is 11.8. The second kappa shape index (κ2) is 4.17. The van der Waals surface area contributed by atoms with Gasteiger partial charge in [0.25, 0.3) is 0 Å². The number of hydrogen-bond acceptors (Lipinski definition) is 4. The van der Waals surface area contributed by atoms with E-state index >= 15 is 0 Å². The summed E-state index contributed by atoms with van der Waals surface area (Å²) in [5.74, 6) is 0.235. The number of nitrogens with zero attached hydrogens (tertiary/aromatic N) is 1. The Bertz CT molecular complexity index is 452. The molecular weight excluding hydrogens is 232 g/mol. The van der Waals surface area contributed by atoms with Crippen molar-refractivity contribution < 1.29 is 14.6 Å². The molecule has 2 aliphatic rings. The second-order valence-electron chi connectivity index (χ2n) is 5.00. The van der Waals surface area contributed by atoms with E-state index in [2.05, 4.69) is 5.32 Å². The van der Waals surface area contributed by atoms with Crippen LogP contribution in [0, 0.1) is 0 Å². The predicted molar refractivity (Wildman–Crippen MR) is 65.2 cm³/mol. The van der Waals surface area contributed by atoms with Crippen molar-refractivity contribution in [3.05, 3.63) is 29.8 Å². The van der Waals surface area contributed by atoms with E-state index in [1.54, 1.807) is 17.0 Å². The molecule has 1 amide bonds. The first-order valence-corrected chi connectivity index (χ1v) is 6.13. The molecule has 1 atom stereocenters. The number of nitrogens with one attached hydrogen (secondary N) is 1. The minimum absolute atomic E-state index is 0.235. The normalized spacial score (nSPS) is 26.9. The quantitative estimate of drug-likeness (QED) is 0.822. The average Bonchev–Trinajstić information content (AvgIpc) is 2.91. The molecule has 0 aliphatic carbocycles. The lowest BCUT2D eigenvalue weighted by molar-refractivity contribution is 0.0727. The Balaban J connectivity index is 1.70. The van der Waals surface area contributed by atoms with Gasteiger partial charge >= 0.3 is 6.09 Å². The van der Waals surface area contributed by atoms with Crippen molar-refractivity contribution in [2.45, 2.75) is 18.6 Å². The molecule has 2 heterocycles. The highest BCUT2D eigenvalue weighted by molar-refractivity contribution is 5.71. The zero-order chi connectivity index (χ0) is 12.6. The Kier molecular flexibility index (Phi) is 2.63. The Labute approximate surface area is 105 Å². The minimum Gasteiger partial charge on any atom is -0.508 e. The van der Waals surface area contributed by atoms with Crippen molar-refractivity contribution >= 4 is 6.09 Å². The minimum atomic E-state index is -0.325. The van der Waals surface area contributed by atoms with Crippen LogP contribution in [0.25, 0.3) is 0 Å². The van der Waals surface area contributed by atoms with Gasteiger partial charge in [-0.15, -0.1) is 0 Å². The number of carbonyl (C=O) groups excluding carboxylic acids is 1. The molecule has 5 heteroatoms. The summed E-state index contributed by atoms with van der Waals surface area (Å²) in [4.78, 5) is 13.6. The van der Waals surface area contributed by atoms with E-state index < -0.39 is 0 Å². The highest BCUT2D eigenvalue weighted by Crippen LogP contribution is 2.29. The summed E-state index contributed by atoms with van der Waals surface area (Å²) in [6.45, 7) is 2.81. The van der Waals surface area contributed by atoms with Gasteiger partial charge in [-0.25, -0.2) is 4.79 Å². The van der Waals surface area contributed by atoms with Gasteiger partial charge in [-0.1, -0.05) is 12.1 Å². The van der Waals surface area contributed by atoms with E-state index in [0.29, 0.717) is 13.1 Å². The van der Waals surface area contributed by atoms with Gasteiger partial charge in [0, 0.05) is 19.5 Å². The number of hydrogen-bond donors (Lipinski definition) is 2. The van der Waals surface area contributed by atoms with Crippen LogP contribution < -0.4 is 5.32 Å². The fourth-order valence-electron chi connectivity index (χ4n) is 2.58. The van der Waals surface area contributed by atoms with Crippen LogP contribution in [0.2, 0.25) is 0 Å². The summed E-state index contributed by atoms with van der Waals surface area (Å²) in [6.07, 6.45) is 0.636. The SMILES string of the molecule is O=C1OC2(CCNC2)CN1Cc1ccc(O)cc1. The van der Waals surface area contributed by atoms with Gasteiger partial charge in [-0.2, -0.15) is 0 Å². The summed E-state index contributed by atoms with van der Waals surface area (Å²) in [7, 11) is 0. The third-order valence-electron chi connectivity index (χ3n) is 3.56. The predicted octanol–water partition coefficient (Wildman–Crippen LogP) is 1.08. The molecule has 0 aromatic heterocycles. The Hall–Kier alpha value is -1.75. The lowest BCUT2D eigenvalue weighted by Gasteiger charge is -2.19. The first kappa shape index (κ1) is 11.3. The van der Waals surface area contributed by atoms with E-state index in [-0.39, 0.29) is 17.4 Å². The summed E-state index contributed by atoms with van der Waals surface area (Å²) in [5.41, 5.74) is 0.668. The molecule has 1 aromatic carbocycles. The molecule has 1 spiro atoms. The van der Waals surface area contributed by atoms with Gasteiger partial charge in [0.05, 0.1) is 6.54 Å². The van der Waals surface area contributed by atoms with Crippen LogP contribution in [0.3, 0.4) is 0 Å². The summed E-state index contributed by atoms with van der Waals surface area (Å²) in [5, 5.41) is 12.5. The number of carbonyl (C=O) groups is 1. The van der Waals surface area contributed by atoms with Crippen molar-refractivity contribution in [2.75, 3.05) is 19.6 Å². The number of phenolic OH excluding ortho intramolecular Hbond substituents is 1. The third kappa shape index (κ3) is 2.01. The van der Waals surface area contributed by atoms with Crippen LogP contribution in [0.15, 0.2) is 24.3 Å². The molecule has 18 heavy (non-hydrogen) atoms. The van der Waals surface area contributed by atoms with Crippen molar-refractivity contribution in [1.82, 2.24) is 10.2 Å². The fourth-order valence-corrected chi connectivity index (χ4v) is 2.58. The number of amides is 1. The molecule has 2 N–H and O–H groups in total. The van der Waals surface area contributed by atoms with Crippen LogP contribution >= 0.6 is 0 Å². The van der Waals surface area contributed by atoms with Gasteiger partial charge in [0.15, 0.2) is 0 Å². The lowest BCUT2D eigenvalue weighted by atomic mass is 10.0. The van der Waals surface area contributed by atoms with Crippen LogP contribution in [0.1, 0.15) is 12.0 Å². The molecule has 96 valence electrons. The van der Waals surface area contributed by atoms with E-state index in [1.807, 2.05) is 12.1 Å². The summed E-state index contributed by atoms with van der Waals surface area (Å²) >= 11 is 0. The summed E-state index contributed by atoms with van der Waals surface area (Å²) in [6, 6.07) is 6.90. The largest absolute Gasteiger partial charge is 0.508 e. The highest BCUT2D eigenvalue weighted by Gasteiger charge is 2.46. The molecule has 1 unspecified atom stereocenters. The Morgan fingerprint density at radius 3 is 2.83 bits per heavy atom. The lowest BCUT2D eigenvalue weighted by Crippen LogP contribution is -2.36. The topological polar surface area (TPSA) is 61.8 Å².